The average molecular weight is 351 g/mol. The summed E-state index contributed by atoms with van der Waals surface area (Å²) in [5.74, 6) is 1.05. The van der Waals surface area contributed by atoms with Crippen LogP contribution in [0.5, 0.6) is 0 Å². The van der Waals surface area contributed by atoms with Gasteiger partial charge in [0.2, 0.25) is 0 Å². The molecule has 21 heavy (non-hydrogen) atoms. The summed E-state index contributed by atoms with van der Waals surface area (Å²) in [6.45, 7) is 2.64. The second-order valence-electron chi connectivity index (χ2n) is 4.80. The molecule has 110 valence electrons. The Morgan fingerprint density at radius 1 is 1.24 bits per heavy atom. The number of furan rings is 1. The zero-order chi connectivity index (χ0) is 14.8. The molecule has 6 nitrogen and oxygen atoms in total. The summed E-state index contributed by atoms with van der Waals surface area (Å²) < 4.78 is 5.87. The summed E-state index contributed by atoms with van der Waals surface area (Å²) in [4.78, 5) is 20.5. The number of carbonyl (C=O) groups excluding carboxylic acids is 1. The third-order valence-electron chi connectivity index (χ3n) is 3.47. The van der Waals surface area contributed by atoms with E-state index in [4.69, 9.17) is 10.2 Å². The van der Waals surface area contributed by atoms with Crippen LogP contribution in [0.1, 0.15) is 10.6 Å². The molecule has 2 aromatic rings. The van der Waals surface area contributed by atoms with E-state index in [-0.39, 0.29) is 5.91 Å². The molecule has 3 heterocycles. The highest BCUT2D eigenvalue weighted by atomic mass is 79.9. The number of nitrogens with zero attached hydrogens (tertiary/aromatic N) is 3. The Labute approximate surface area is 130 Å². The number of carbonyl (C=O) groups is 1. The second kappa shape index (κ2) is 5.77. The molecule has 7 heteroatoms. The molecule has 1 fully saturated rings. The lowest BCUT2D eigenvalue weighted by Crippen LogP contribution is -2.49. The molecule has 0 bridgehead atoms. The zero-order valence-electron chi connectivity index (χ0n) is 11.3. The van der Waals surface area contributed by atoms with Crippen LogP contribution in [0.25, 0.3) is 0 Å². The average Bonchev–Trinajstić information content (AvgIpc) is 2.94. The Kier molecular flexibility index (Phi) is 3.83. The molecule has 2 N–H and O–H groups in total. The fourth-order valence-electron chi connectivity index (χ4n) is 2.38. The van der Waals surface area contributed by atoms with E-state index in [9.17, 15) is 4.79 Å². The van der Waals surface area contributed by atoms with Gasteiger partial charge < -0.3 is 20.0 Å². The van der Waals surface area contributed by atoms with Crippen molar-refractivity contribution < 1.29 is 9.21 Å². The number of aromatic nitrogens is 1. The quantitative estimate of drug-likeness (QED) is 0.896. The van der Waals surface area contributed by atoms with Crippen molar-refractivity contribution in [2.45, 2.75) is 0 Å². The van der Waals surface area contributed by atoms with Crippen molar-refractivity contribution in [3.8, 4) is 0 Å². The molecule has 1 aliphatic rings. The summed E-state index contributed by atoms with van der Waals surface area (Å²) in [6.07, 6.45) is 1.73. The van der Waals surface area contributed by atoms with E-state index in [1.54, 1.807) is 23.2 Å². The standard InChI is InChI=1S/C14H15BrN4O2/c15-12-4-3-11(21-12)14(20)19-8-6-18(7-9-19)13-10(16)2-1-5-17-13/h1-5H,6-9,16H2. The van der Waals surface area contributed by atoms with Gasteiger partial charge in [0.05, 0.1) is 5.69 Å². The van der Waals surface area contributed by atoms with Crippen LogP contribution in [0, 0.1) is 0 Å². The number of anilines is 2. The topological polar surface area (TPSA) is 75.6 Å². The maximum atomic E-state index is 12.3. The molecule has 0 radical (unpaired) electrons. The molecule has 0 spiro atoms. The predicted octanol–water partition coefficient (Wildman–Crippen LogP) is 1.98. The number of hydrogen-bond donors (Lipinski definition) is 1. The van der Waals surface area contributed by atoms with E-state index in [1.807, 2.05) is 12.1 Å². The molecule has 0 unspecified atom stereocenters. The Balaban J connectivity index is 1.65. The maximum Gasteiger partial charge on any atom is 0.289 e. The highest BCUT2D eigenvalue weighted by Gasteiger charge is 2.25. The first-order valence-corrected chi connectivity index (χ1v) is 7.44. The van der Waals surface area contributed by atoms with E-state index in [1.165, 1.54) is 0 Å². The first kappa shape index (κ1) is 13.9. The number of piperazine rings is 1. The number of halogens is 1. The molecular formula is C14H15BrN4O2. The van der Waals surface area contributed by atoms with Gasteiger partial charge in [-0.05, 0) is 40.2 Å². The lowest BCUT2D eigenvalue weighted by atomic mass is 10.2. The van der Waals surface area contributed by atoms with Crippen molar-refractivity contribution in [1.29, 1.82) is 0 Å². The van der Waals surface area contributed by atoms with E-state index in [0.717, 1.165) is 5.82 Å². The molecular weight excluding hydrogens is 336 g/mol. The molecule has 3 rings (SSSR count). The first-order chi connectivity index (χ1) is 10.1. The van der Waals surface area contributed by atoms with Gasteiger partial charge >= 0.3 is 0 Å². The molecule has 2 aromatic heterocycles. The van der Waals surface area contributed by atoms with E-state index < -0.39 is 0 Å². The summed E-state index contributed by atoms with van der Waals surface area (Å²) in [6, 6.07) is 7.04. The lowest BCUT2D eigenvalue weighted by molar-refractivity contribution is 0.0713. The van der Waals surface area contributed by atoms with Gasteiger partial charge in [0, 0.05) is 32.4 Å². The zero-order valence-corrected chi connectivity index (χ0v) is 12.9. The molecule has 0 aliphatic carbocycles. The third-order valence-corrected chi connectivity index (χ3v) is 3.89. The summed E-state index contributed by atoms with van der Waals surface area (Å²) in [7, 11) is 0. The number of nitrogens with two attached hydrogens (primary N) is 1. The minimum absolute atomic E-state index is 0.0886. The van der Waals surface area contributed by atoms with Crippen LogP contribution >= 0.6 is 15.9 Å². The minimum atomic E-state index is -0.0886. The second-order valence-corrected chi connectivity index (χ2v) is 5.58. The minimum Gasteiger partial charge on any atom is -0.444 e. The van der Waals surface area contributed by atoms with Gasteiger partial charge in [-0.3, -0.25) is 4.79 Å². The van der Waals surface area contributed by atoms with Crippen LogP contribution in [-0.4, -0.2) is 42.0 Å². The largest absolute Gasteiger partial charge is 0.444 e. The highest BCUT2D eigenvalue weighted by molar-refractivity contribution is 9.10. The molecule has 0 aromatic carbocycles. The van der Waals surface area contributed by atoms with Gasteiger partial charge in [0.1, 0.15) is 0 Å². The van der Waals surface area contributed by atoms with Gasteiger partial charge in [-0.25, -0.2) is 4.98 Å². The summed E-state index contributed by atoms with van der Waals surface area (Å²) >= 11 is 3.20. The maximum absolute atomic E-state index is 12.3. The van der Waals surface area contributed by atoms with Gasteiger partial charge in [-0.1, -0.05) is 0 Å². The number of rotatable bonds is 2. The van der Waals surface area contributed by atoms with Gasteiger partial charge in [0.25, 0.3) is 5.91 Å². The Morgan fingerprint density at radius 2 is 2.00 bits per heavy atom. The third kappa shape index (κ3) is 2.87. The summed E-state index contributed by atoms with van der Waals surface area (Å²) in [5.41, 5.74) is 6.59. The van der Waals surface area contributed by atoms with Crippen molar-refractivity contribution in [2.24, 2.45) is 0 Å². The van der Waals surface area contributed by atoms with Crippen LogP contribution in [0.2, 0.25) is 0 Å². The molecule has 1 amide bonds. The van der Waals surface area contributed by atoms with Crippen LogP contribution in [-0.2, 0) is 0 Å². The van der Waals surface area contributed by atoms with Gasteiger partial charge in [-0.15, -0.1) is 0 Å². The fraction of sp³-hybridized carbons (Fsp3) is 0.286. The predicted molar refractivity (Wildman–Crippen MR) is 83.2 cm³/mol. The Hall–Kier alpha value is -2.02. The normalized spacial score (nSPS) is 15.3. The molecule has 1 saturated heterocycles. The van der Waals surface area contributed by atoms with Crippen molar-refractivity contribution in [3.63, 3.8) is 0 Å². The SMILES string of the molecule is Nc1cccnc1N1CCN(C(=O)c2ccc(Br)o2)CC1. The highest BCUT2D eigenvalue weighted by Crippen LogP contribution is 2.22. The lowest BCUT2D eigenvalue weighted by Gasteiger charge is -2.35. The summed E-state index contributed by atoms with van der Waals surface area (Å²) in [5, 5.41) is 0. The van der Waals surface area contributed by atoms with Gasteiger partial charge in [-0.2, -0.15) is 0 Å². The Bertz CT molecular complexity index is 650. The van der Waals surface area contributed by atoms with E-state index >= 15 is 0 Å². The van der Waals surface area contributed by atoms with Crippen LogP contribution in [0.15, 0.2) is 39.5 Å². The van der Waals surface area contributed by atoms with Gasteiger partial charge in [0.15, 0.2) is 16.2 Å². The molecule has 0 atom stereocenters. The van der Waals surface area contributed by atoms with Crippen LogP contribution in [0.4, 0.5) is 11.5 Å². The fourth-order valence-corrected chi connectivity index (χ4v) is 2.69. The number of hydrogen-bond acceptors (Lipinski definition) is 5. The monoisotopic (exact) mass is 350 g/mol. The number of pyridine rings is 1. The van der Waals surface area contributed by atoms with Crippen LogP contribution < -0.4 is 10.6 Å². The van der Waals surface area contributed by atoms with E-state index in [2.05, 4.69) is 25.8 Å². The smallest absolute Gasteiger partial charge is 0.289 e. The van der Waals surface area contributed by atoms with Crippen molar-refractivity contribution >= 4 is 33.3 Å². The van der Waals surface area contributed by atoms with Crippen molar-refractivity contribution in [2.75, 3.05) is 36.8 Å². The first-order valence-electron chi connectivity index (χ1n) is 6.65. The Morgan fingerprint density at radius 3 is 2.62 bits per heavy atom. The van der Waals surface area contributed by atoms with Crippen molar-refractivity contribution in [3.05, 3.63) is 40.9 Å². The van der Waals surface area contributed by atoms with Crippen LogP contribution in [0.3, 0.4) is 0 Å². The molecule has 0 saturated carbocycles. The molecule has 1 aliphatic heterocycles. The number of amides is 1. The van der Waals surface area contributed by atoms with Crippen molar-refractivity contribution in [1.82, 2.24) is 9.88 Å². The number of nitrogen functional groups attached to an aromatic ring is 1. The van der Waals surface area contributed by atoms with E-state index in [0.29, 0.717) is 42.3 Å².